The van der Waals surface area contributed by atoms with E-state index in [0.29, 0.717) is 17.3 Å². The third-order valence-electron chi connectivity index (χ3n) is 4.66. The summed E-state index contributed by atoms with van der Waals surface area (Å²) in [6.07, 6.45) is 3.11. The number of benzene rings is 1. The summed E-state index contributed by atoms with van der Waals surface area (Å²) in [5, 5.41) is 3.54. The summed E-state index contributed by atoms with van der Waals surface area (Å²) in [4.78, 5) is 27.5. The molecule has 27 heavy (non-hydrogen) atoms. The number of rotatable bonds is 3. The van der Waals surface area contributed by atoms with Crippen LogP contribution in [-0.4, -0.2) is 39.2 Å². The maximum absolute atomic E-state index is 12.5. The lowest BCUT2D eigenvalue weighted by atomic mass is 10.0. The van der Waals surface area contributed by atoms with Gasteiger partial charge in [-0.05, 0) is 23.8 Å². The molecule has 1 atom stereocenters. The molecule has 0 saturated carbocycles. The van der Waals surface area contributed by atoms with Crippen LogP contribution >= 0.6 is 15.9 Å². The van der Waals surface area contributed by atoms with Gasteiger partial charge < -0.3 is 10.2 Å². The van der Waals surface area contributed by atoms with Crippen LogP contribution in [0.1, 0.15) is 11.6 Å². The predicted molar refractivity (Wildman–Crippen MR) is 108 cm³/mol. The summed E-state index contributed by atoms with van der Waals surface area (Å²) in [7, 11) is 1.75. The molecule has 0 radical (unpaired) electrons. The SMILES string of the molecule is Cn1c(N2CCNC(c3cccc(Br)c3)C2)nc(-c2ccncn2)cc1=O. The Balaban J connectivity index is 1.68. The molecule has 0 aliphatic carbocycles. The average Bonchev–Trinajstić information content (AvgIpc) is 2.71. The molecule has 1 aliphatic heterocycles. The highest BCUT2D eigenvalue weighted by Crippen LogP contribution is 2.24. The van der Waals surface area contributed by atoms with Crippen molar-refractivity contribution in [1.82, 2.24) is 24.8 Å². The summed E-state index contributed by atoms with van der Waals surface area (Å²) < 4.78 is 2.64. The molecule has 2 aromatic heterocycles. The van der Waals surface area contributed by atoms with Crippen LogP contribution in [0.3, 0.4) is 0 Å². The Labute approximate surface area is 165 Å². The van der Waals surface area contributed by atoms with Gasteiger partial charge in [-0.15, -0.1) is 0 Å². The van der Waals surface area contributed by atoms with Gasteiger partial charge in [-0.2, -0.15) is 0 Å². The van der Waals surface area contributed by atoms with Crippen LogP contribution in [0.5, 0.6) is 0 Å². The maximum atomic E-state index is 12.5. The number of piperazine rings is 1. The summed E-state index contributed by atoms with van der Waals surface area (Å²) in [6.45, 7) is 2.31. The third-order valence-corrected chi connectivity index (χ3v) is 5.16. The van der Waals surface area contributed by atoms with E-state index in [2.05, 4.69) is 48.2 Å². The second-order valence-corrected chi connectivity index (χ2v) is 7.36. The van der Waals surface area contributed by atoms with Crippen LogP contribution in [0.25, 0.3) is 11.4 Å². The van der Waals surface area contributed by atoms with Crippen molar-refractivity contribution in [2.24, 2.45) is 7.05 Å². The van der Waals surface area contributed by atoms with Crippen LogP contribution < -0.4 is 15.8 Å². The molecular weight excluding hydrogens is 408 g/mol. The summed E-state index contributed by atoms with van der Waals surface area (Å²) in [5.74, 6) is 0.651. The van der Waals surface area contributed by atoms with Crippen molar-refractivity contribution in [3.8, 4) is 11.4 Å². The van der Waals surface area contributed by atoms with E-state index in [9.17, 15) is 4.79 Å². The molecule has 1 aliphatic rings. The Morgan fingerprint density at radius 2 is 2.11 bits per heavy atom. The molecule has 8 heteroatoms. The predicted octanol–water partition coefficient (Wildman–Crippen LogP) is 2.15. The quantitative estimate of drug-likeness (QED) is 0.691. The fourth-order valence-corrected chi connectivity index (χ4v) is 3.68. The largest absolute Gasteiger partial charge is 0.339 e. The van der Waals surface area contributed by atoms with Crippen LogP contribution in [0.4, 0.5) is 5.95 Å². The number of anilines is 1. The van der Waals surface area contributed by atoms with Crippen molar-refractivity contribution in [3.63, 3.8) is 0 Å². The lowest BCUT2D eigenvalue weighted by Crippen LogP contribution is -2.47. The van der Waals surface area contributed by atoms with Gasteiger partial charge >= 0.3 is 0 Å². The second kappa shape index (κ2) is 7.58. The van der Waals surface area contributed by atoms with Gasteiger partial charge in [0.1, 0.15) is 6.33 Å². The monoisotopic (exact) mass is 426 g/mol. The summed E-state index contributed by atoms with van der Waals surface area (Å²) in [5.41, 5.74) is 2.30. The first-order chi connectivity index (χ1) is 13.1. The Morgan fingerprint density at radius 3 is 2.89 bits per heavy atom. The van der Waals surface area contributed by atoms with Crippen molar-refractivity contribution < 1.29 is 0 Å². The summed E-state index contributed by atoms with van der Waals surface area (Å²) in [6, 6.07) is 11.7. The van der Waals surface area contributed by atoms with E-state index in [1.54, 1.807) is 23.9 Å². The fourth-order valence-electron chi connectivity index (χ4n) is 3.26. The molecule has 7 nitrogen and oxygen atoms in total. The Morgan fingerprint density at radius 1 is 1.22 bits per heavy atom. The molecule has 1 fully saturated rings. The molecule has 4 rings (SSSR count). The zero-order chi connectivity index (χ0) is 18.8. The topological polar surface area (TPSA) is 75.9 Å². The van der Waals surface area contributed by atoms with Crippen LogP contribution in [0.2, 0.25) is 0 Å². The van der Waals surface area contributed by atoms with Crippen molar-refractivity contribution >= 4 is 21.9 Å². The first kappa shape index (κ1) is 17.8. The van der Waals surface area contributed by atoms with E-state index >= 15 is 0 Å². The molecule has 3 heterocycles. The van der Waals surface area contributed by atoms with Crippen molar-refractivity contribution in [3.05, 3.63) is 69.3 Å². The second-order valence-electron chi connectivity index (χ2n) is 6.44. The van der Waals surface area contributed by atoms with Crippen molar-refractivity contribution in [1.29, 1.82) is 0 Å². The minimum atomic E-state index is -0.105. The molecule has 138 valence electrons. The van der Waals surface area contributed by atoms with Gasteiger partial charge in [0.25, 0.3) is 5.56 Å². The highest BCUT2D eigenvalue weighted by atomic mass is 79.9. The van der Waals surface area contributed by atoms with Crippen LogP contribution in [-0.2, 0) is 7.05 Å². The van der Waals surface area contributed by atoms with Crippen LogP contribution in [0.15, 0.2) is 58.2 Å². The first-order valence-corrected chi connectivity index (χ1v) is 9.49. The van der Waals surface area contributed by atoms with E-state index in [4.69, 9.17) is 4.98 Å². The van der Waals surface area contributed by atoms with Gasteiger partial charge in [0.05, 0.1) is 11.4 Å². The molecule has 0 spiro atoms. The highest BCUT2D eigenvalue weighted by Gasteiger charge is 2.24. The molecule has 3 aromatic rings. The Bertz CT molecular complexity index is 1010. The molecule has 0 amide bonds. The van der Waals surface area contributed by atoms with E-state index < -0.39 is 0 Å². The lowest BCUT2D eigenvalue weighted by molar-refractivity contribution is 0.462. The van der Waals surface area contributed by atoms with Crippen molar-refractivity contribution in [2.75, 3.05) is 24.5 Å². The smallest absolute Gasteiger partial charge is 0.255 e. The fraction of sp³-hybridized carbons (Fsp3) is 0.263. The zero-order valence-electron chi connectivity index (χ0n) is 14.8. The molecule has 1 aromatic carbocycles. The van der Waals surface area contributed by atoms with E-state index in [1.807, 2.05) is 12.1 Å². The number of hydrogen-bond donors (Lipinski definition) is 1. The normalized spacial score (nSPS) is 17.1. The van der Waals surface area contributed by atoms with Gasteiger partial charge in [-0.3, -0.25) is 9.36 Å². The summed E-state index contributed by atoms with van der Waals surface area (Å²) >= 11 is 3.53. The highest BCUT2D eigenvalue weighted by molar-refractivity contribution is 9.10. The minimum absolute atomic E-state index is 0.105. The van der Waals surface area contributed by atoms with Gasteiger partial charge in [0, 0.05) is 49.5 Å². The molecule has 0 bridgehead atoms. The number of aromatic nitrogens is 4. The average molecular weight is 427 g/mol. The number of nitrogens with zero attached hydrogens (tertiary/aromatic N) is 5. The molecule has 1 saturated heterocycles. The zero-order valence-corrected chi connectivity index (χ0v) is 16.4. The lowest BCUT2D eigenvalue weighted by Gasteiger charge is -2.35. The van der Waals surface area contributed by atoms with E-state index in [-0.39, 0.29) is 11.6 Å². The maximum Gasteiger partial charge on any atom is 0.255 e. The third kappa shape index (κ3) is 3.77. The van der Waals surface area contributed by atoms with E-state index in [0.717, 1.165) is 24.1 Å². The Kier molecular flexibility index (Phi) is 5.00. The standard InChI is InChI=1S/C19H19BrN6O/c1-25-18(27)10-16(15-5-6-21-12-23-15)24-19(25)26-8-7-22-17(11-26)13-3-2-4-14(20)9-13/h2-6,9-10,12,17,22H,7-8,11H2,1H3. The molecule has 1 N–H and O–H groups in total. The molecule has 1 unspecified atom stereocenters. The van der Waals surface area contributed by atoms with Crippen LogP contribution in [0, 0.1) is 0 Å². The minimum Gasteiger partial charge on any atom is -0.339 e. The first-order valence-electron chi connectivity index (χ1n) is 8.70. The van der Waals surface area contributed by atoms with Gasteiger partial charge in [0.2, 0.25) is 5.95 Å². The van der Waals surface area contributed by atoms with Crippen molar-refractivity contribution in [2.45, 2.75) is 6.04 Å². The number of halogens is 1. The number of nitrogens with one attached hydrogen (secondary N) is 1. The van der Waals surface area contributed by atoms with Gasteiger partial charge in [0.15, 0.2) is 0 Å². The van der Waals surface area contributed by atoms with Gasteiger partial charge in [-0.1, -0.05) is 28.1 Å². The number of hydrogen-bond acceptors (Lipinski definition) is 6. The van der Waals surface area contributed by atoms with Gasteiger partial charge in [-0.25, -0.2) is 15.0 Å². The molecular formula is C19H19BrN6O. The van der Waals surface area contributed by atoms with E-state index in [1.165, 1.54) is 18.0 Å². The Hall–Kier alpha value is -2.58.